The van der Waals surface area contributed by atoms with Gasteiger partial charge >= 0.3 is 11.8 Å². The summed E-state index contributed by atoms with van der Waals surface area (Å²) in [4.78, 5) is 11.6. The number of aromatic nitrogens is 2. The molecular weight excluding hydrogens is 252 g/mol. The fourth-order valence-electron chi connectivity index (χ4n) is 2.19. The summed E-state index contributed by atoms with van der Waals surface area (Å²) in [6.45, 7) is 0. The van der Waals surface area contributed by atoms with Gasteiger partial charge in [0.2, 0.25) is 0 Å². The van der Waals surface area contributed by atoms with Crippen molar-refractivity contribution in [2.45, 2.75) is 0 Å². The number of aromatic carboxylic acids is 1. The molecule has 2 aromatic carbocycles. The molecule has 98 valence electrons. The van der Waals surface area contributed by atoms with Crippen LogP contribution in [0.3, 0.4) is 0 Å². The second-order valence-electron chi connectivity index (χ2n) is 4.34. The van der Waals surface area contributed by atoms with Crippen molar-refractivity contribution in [1.82, 2.24) is 4.57 Å². The van der Waals surface area contributed by atoms with Crippen LogP contribution in [0.2, 0.25) is 0 Å². The maximum absolute atomic E-state index is 11.6. The minimum absolute atomic E-state index is 0.197. The van der Waals surface area contributed by atoms with Crippen LogP contribution in [-0.2, 0) is 0 Å². The fraction of sp³-hybridized carbons (Fsp3) is 0. The maximum Gasteiger partial charge on any atom is 0.420 e. The van der Waals surface area contributed by atoms with E-state index in [1.165, 1.54) is 0 Å². The molecule has 0 amide bonds. The predicted octanol–water partition coefficient (Wildman–Crippen LogP) is 2.45. The van der Waals surface area contributed by atoms with Crippen LogP contribution in [-0.4, -0.2) is 15.6 Å². The van der Waals surface area contributed by atoms with Crippen LogP contribution in [0.1, 0.15) is 10.6 Å². The summed E-state index contributed by atoms with van der Waals surface area (Å²) in [5.74, 6) is -0.773. The highest BCUT2D eigenvalue weighted by atomic mass is 16.4. The average molecular weight is 265 g/mol. The largest absolute Gasteiger partial charge is 0.472 e. The number of carboxylic acids is 1. The topological polar surface area (TPSA) is 46.1 Å². The first-order valence-electron chi connectivity index (χ1n) is 6.24. The molecular formula is C16H13N2O2+. The quantitative estimate of drug-likeness (QED) is 0.739. The Kier molecular flexibility index (Phi) is 3.05. The van der Waals surface area contributed by atoms with Gasteiger partial charge < -0.3 is 5.11 Å². The lowest BCUT2D eigenvalue weighted by Crippen LogP contribution is -2.37. The van der Waals surface area contributed by atoms with Crippen LogP contribution < -0.4 is 4.57 Å². The average Bonchev–Trinajstić information content (AvgIpc) is 2.94. The van der Waals surface area contributed by atoms with E-state index in [9.17, 15) is 9.90 Å². The number of hydrogen-bond donors (Lipinski definition) is 1. The summed E-state index contributed by atoms with van der Waals surface area (Å²) in [7, 11) is 0. The SMILES string of the molecule is O=C(O)c1n(-c2ccccc2)cc[n+]1-c1ccccc1. The van der Waals surface area contributed by atoms with Crippen molar-refractivity contribution in [2.24, 2.45) is 0 Å². The zero-order valence-corrected chi connectivity index (χ0v) is 10.7. The summed E-state index contributed by atoms with van der Waals surface area (Å²) in [5.41, 5.74) is 1.64. The first-order chi connectivity index (χ1) is 9.77. The zero-order chi connectivity index (χ0) is 13.9. The number of nitrogens with zero attached hydrogens (tertiary/aromatic N) is 2. The number of carbonyl (C=O) groups is 1. The van der Waals surface area contributed by atoms with Gasteiger partial charge in [-0.3, -0.25) is 0 Å². The van der Waals surface area contributed by atoms with Crippen LogP contribution in [0.5, 0.6) is 0 Å². The normalized spacial score (nSPS) is 10.4. The lowest BCUT2D eigenvalue weighted by atomic mass is 10.3. The number of benzene rings is 2. The Bertz CT molecular complexity index is 677. The minimum atomic E-state index is -0.970. The Morgan fingerprint density at radius 3 is 2.15 bits per heavy atom. The van der Waals surface area contributed by atoms with E-state index in [0.29, 0.717) is 0 Å². The molecule has 3 aromatic rings. The third-order valence-corrected chi connectivity index (χ3v) is 3.08. The molecule has 1 heterocycles. The first-order valence-corrected chi connectivity index (χ1v) is 6.24. The van der Waals surface area contributed by atoms with Gasteiger partial charge in [0.1, 0.15) is 23.8 Å². The predicted molar refractivity (Wildman–Crippen MR) is 74.3 cm³/mol. The standard InChI is InChI=1S/C16H12N2O2/c19-16(20)15-17(13-7-3-1-4-8-13)11-12-18(15)14-9-5-2-6-10-14/h1-12H/p+1. The van der Waals surface area contributed by atoms with Crippen molar-refractivity contribution in [3.05, 3.63) is 78.9 Å². The molecule has 4 nitrogen and oxygen atoms in total. The Hall–Kier alpha value is -2.88. The number of hydrogen-bond acceptors (Lipinski definition) is 1. The van der Waals surface area contributed by atoms with Gasteiger partial charge in [-0.15, -0.1) is 0 Å². The molecule has 4 heteroatoms. The maximum atomic E-state index is 11.6. The molecule has 0 aliphatic rings. The number of rotatable bonds is 3. The van der Waals surface area contributed by atoms with Gasteiger partial charge in [-0.05, 0) is 24.3 Å². The molecule has 0 spiro atoms. The minimum Gasteiger partial charge on any atom is -0.472 e. The van der Waals surface area contributed by atoms with Gasteiger partial charge in [0, 0.05) is 0 Å². The number of carboxylic acid groups (broad SMARTS) is 1. The highest BCUT2D eigenvalue weighted by molar-refractivity contribution is 5.83. The van der Waals surface area contributed by atoms with Crippen molar-refractivity contribution in [3.63, 3.8) is 0 Å². The second kappa shape index (κ2) is 5.01. The van der Waals surface area contributed by atoms with E-state index in [0.717, 1.165) is 11.4 Å². The summed E-state index contributed by atoms with van der Waals surface area (Å²) >= 11 is 0. The summed E-state index contributed by atoms with van der Waals surface area (Å²) in [5, 5.41) is 9.52. The van der Waals surface area contributed by atoms with Gasteiger partial charge in [0.15, 0.2) is 0 Å². The molecule has 0 aliphatic heterocycles. The van der Waals surface area contributed by atoms with Crippen LogP contribution in [0.25, 0.3) is 11.4 Å². The van der Waals surface area contributed by atoms with E-state index in [4.69, 9.17) is 0 Å². The molecule has 0 radical (unpaired) electrons. The van der Waals surface area contributed by atoms with E-state index in [-0.39, 0.29) is 5.82 Å². The molecule has 0 atom stereocenters. The van der Waals surface area contributed by atoms with Crippen molar-refractivity contribution in [3.8, 4) is 11.4 Å². The van der Waals surface area contributed by atoms with Gasteiger partial charge in [0.05, 0.1) is 0 Å². The van der Waals surface area contributed by atoms with Crippen LogP contribution >= 0.6 is 0 Å². The third-order valence-electron chi connectivity index (χ3n) is 3.08. The summed E-state index contributed by atoms with van der Waals surface area (Å²) < 4.78 is 3.32. The van der Waals surface area contributed by atoms with Gasteiger partial charge in [0.25, 0.3) is 0 Å². The Labute approximate surface area is 116 Å². The highest BCUT2D eigenvalue weighted by Crippen LogP contribution is 2.11. The molecule has 1 aromatic heterocycles. The van der Waals surface area contributed by atoms with Gasteiger partial charge in [-0.2, -0.15) is 9.13 Å². The van der Waals surface area contributed by atoms with Gasteiger partial charge in [-0.25, -0.2) is 4.79 Å². The van der Waals surface area contributed by atoms with Crippen LogP contribution in [0.4, 0.5) is 0 Å². The highest BCUT2D eigenvalue weighted by Gasteiger charge is 2.26. The van der Waals surface area contributed by atoms with Crippen molar-refractivity contribution in [1.29, 1.82) is 0 Å². The monoisotopic (exact) mass is 265 g/mol. The number of para-hydroxylation sites is 2. The Morgan fingerprint density at radius 2 is 1.55 bits per heavy atom. The molecule has 0 unspecified atom stereocenters. The molecule has 0 fully saturated rings. The molecule has 0 aliphatic carbocycles. The molecule has 0 saturated carbocycles. The molecule has 20 heavy (non-hydrogen) atoms. The molecule has 3 rings (SSSR count). The van der Waals surface area contributed by atoms with Crippen molar-refractivity contribution in [2.75, 3.05) is 0 Å². The van der Waals surface area contributed by atoms with Crippen LogP contribution in [0, 0.1) is 0 Å². The Morgan fingerprint density at radius 1 is 0.950 bits per heavy atom. The second-order valence-corrected chi connectivity index (χ2v) is 4.34. The van der Waals surface area contributed by atoms with Crippen molar-refractivity contribution < 1.29 is 14.5 Å². The molecule has 0 bridgehead atoms. The zero-order valence-electron chi connectivity index (χ0n) is 10.7. The van der Waals surface area contributed by atoms with Crippen molar-refractivity contribution >= 4 is 5.97 Å². The number of imidazole rings is 1. The smallest absolute Gasteiger partial charge is 0.420 e. The van der Waals surface area contributed by atoms with E-state index in [1.807, 2.05) is 60.7 Å². The lowest BCUT2D eigenvalue weighted by Gasteiger charge is -2.01. The first kappa shape index (κ1) is 12.2. The summed E-state index contributed by atoms with van der Waals surface area (Å²) in [6, 6.07) is 18.8. The van der Waals surface area contributed by atoms with Crippen LogP contribution in [0.15, 0.2) is 73.1 Å². The van der Waals surface area contributed by atoms with E-state index < -0.39 is 5.97 Å². The van der Waals surface area contributed by atoms with E-state index in [1.54, 1.807) is 21.5 Å². The van der Waals surface area contributed by atoms with E-state index in [2.05, 4.69) is 0 Å². The Balaban J connectivity index is 2.20. The summed E-state index contributed by atoms with van der Waals surface area (Å²) in [6.07, 6.45) is 3.51. The fourth-order valence-corrected chi connectivity index (χ4v) is 2.19. The molecule has 0 saturated heterocycles. The third kappa shape index (κ3) is 2.07. The van der Waals surface area contributed by atoms with E-state index >= 15 is 0 Å². The van der Waals surface area contributed by atoms with Gasteiger partial charge in [-0.1, -0.05) is 36.4 Å². The molecule has 1 N–H and O–H groups in total. The lowest BCUT2D eigenvalue weighted by molar-refractivity contribution is -0.597.